The second-order valence-electron chi connectivity index (χ2n) is 8.80. The van der Waals surface area contributed by atoms with Crippen LogP contribution in [0.2, 0.25) is 0 Å². The molecule has 0 unspecified atom stereocenters. The predicted octanol–water partition coefficient (Wildman–Crippen LogP) is 3.02. The van der Waals surface area contributed by atoms with Gasteiger partial charge in [-0.1, -0.05) is 0 Å². The number of likely N-dealkylation sites (tertiary alicyclic amines) is 1. The molecule has 1 saturated carbocycles. The highest BCUT2D eigenvalue weighted by atomic mass is 16.5. The van der Waals surface area contributed by atoms with Crippen LogP contribution in [-0.4, -0.2) is 66.1 Å². The Hall–Kier alpha value is -3.69. The summed E-state index contributed by atoms with van der Waals surface area (Å²) in [5, 5.41) is 8.48. The molecule has 170 valence electrons. The lowest BCUT2D eigenvalue weighted by Gasteiger charge is -2.34. The zero-order chi connectivity index (χ0) is 22.4. The molecule has 1 aliphatic heterocycles. The van der Waals surface area contributed by atoms with Crippen LogP contribution in [0.3, 0.4) is 0 Å². The number of methoxy groups -OCH3 is 1. The molecule has 1 saturated heterocycles. The minimum Gasteiger partial charge on any atom is -0.480 e. The van der Waals surface area contributed by atoms with E-state index in [-0.39, 0.29) is 6.04 Å². The van der Waals surface area contributed by atoms with Gasteiger partial charge in [-0.15, -0.1) is 0 Å². The Kier molecular flexibility index (Phi) is 4.85. The number of hydrogen-bond acceptors (Lipinski definition) is 7. The first-order valence-electron chi connectivity index (χ1n) is 11.5. The minimum atomic E-state index is 0.283. The highest BCUT2D eigenvalue weighted by Gasteiger charge is 2.31. The van der Waals surface area contributed by atoms with E-state index in [0.29, 0.717) is 30.2 Å². The number of amides is 1. The number of anilines is 1. The summed E-state index contributed by atoms with van der Waals surface area (Å²) in [4.78, 5) is 31.1. The fourth-order valence-electron chi connectivity index (χ4n) is 5.19. The Bertz CT molecular complexity index is 1320. The number of nitrogens with one attached hydrogen (secondary N) is 2. The van der Waals surface area contributed by atoms with Gasteiger partial charge in [0.1, 0.15) is 12.0 Å². The SMILES string of the molecule is COc1nc(N[C@H]2CC[C@@H](N3CCCC3=O)CC2)nc2[nH]cc(-c3ccn4ncnc4c3)c12. The van der Waals surface area contributed by atoms with E-state index >= 15 is 0 Å². The van der Waals surface area contributed by atoms with E-state index in [1.165, 1.54) is 6.33 Å². The first-order chi connectivity index (χ1) is 16.2. The van der Waals surface area contributed by atoms with Crippen LogP contribution in [0.15, 0.2) is 30.9 Å². The number of H-pyrrole nitrogens is 1. The van der Waals surface area contributed by atoms with E-state index in [0.717, 1.165) is 66.5 Å². The summed E-state index contributed by atoms with van der Waals surface area (Å²) < 4.78 is 7.38. The molecule has 0 atom stereocenters. The highest BCUT2D eigenvalue weighted by Crippen LogP contribution is 2.35. The number of ether oxygens (including phenoxy) is 1. The molecule has 1 aliphatic carbocycles. The highest BCUT2D eigenvalue weighted by molar-refractivity contribution is 5.98. The summed E-state index contributed by atoms with van der Waals surface area (Å²) in [6.45, 7) is 0.914. The Balaban J connectivity index is 1.23. The van der Waals surface area contributed by atoms with Gasteiger partial charge in [0.05, 0.1) is 12.5 Å². The lowest BCUT2D eigenvalue weighted by atomic mass is 9.90. The van der Waals surface area contributed by atoms with Crippen molar-refractivity contribution in [2.45, 2.75) is 50.6 Å². The van der Waals surface area contributed by atoms with Crippen LogP contribution in [0, 0.1) is 0 Å². The van der Waals surface area contributed by atoms with Gasteiger partial charge in [0, 0.05) is 43.0 Å². The van der Waals surface area contributed by atoms with Crippen molar-refractivity contribution < 1.29 is 9.53 Å². The van der Waals surface area contributed by atoms with Crippen molar-refractivity contribution in [1.82, 2.24) is 34.4 Å². The van der Waals surface area contributed by atoms with Gasteiger partial charge < -0.3 is 19.9 Å². The molecule has 6 rings (SSSR count). The Morgan fingerprint density at radius 2 is 2.09 bits per heavy atom. The molecule has 0 spiro atoms. The minimum absolute atomic E-state index is 0.283. The number of pyridine rings is 1. The lowest BCUT2D eigenvalue weighted by Crippen LogP contribution is -2.41. The molecule has 5 heterocycles. The molecule has 1 amide bonds. The van der Waals surface area contributed by atoms with Crippen LogP contribution in [0.1, 0.15) is 38.5 Å². The van der Waals surface area contributed by atoms with E-state index in [1.54, 1.807) is 11.6 Å². The van der Waals surface area contributed by atoms with Gasteiger partial charge in [-0.05, 0) is 49.8 Å². The van der Waals surface area contributed by atoms with Crippen LogP contribution in [-0.2, 0) is 4.79 Å². The third-order valence-electron chi connectivity index (χ3n) is 6.86. The van der Waals surface area contributed by atoms with Gasteiger partial charge >= 0.3 is 0 Å². The van der Waals surface area contributed by atoms with Crippen molar-refractivity contribution in [2.75, 3.05) is 19.0 Å². The maximum Gasteiger partial charge on any atom is 0.228 e. The average molecular weight is 447 g/mol. The van der Waals surface area contributed by atoms with Gasteiger partial charge in [0.15, 0.2) is 5.65 Å². The van der Waals surface area contributed by atoms with Gasteiger partial charge in [-0.25, -0.2) is 9.50 Å². The van der Waals surface area contributed by atoms with E-state index in [2.05, 4.69) is 30.3 Å². The molecule has 0 radical (unpaired) electrons. The second-order valence-corrected chi connectivity index (χ2v) is 8.80. The number of aromatic nitrogens is 6. The van der Waals surface area contributed by atoms with Crippen molar-refractivity contribution >= 4 is 28.5 Å². The van der Waals surface area contributed by atoms with Crippen molar-refractivity contribution in [2.24, 2.45) is 0 Å². The fraction of sp³-hybridized carbons (Fsp3) is 0.435. The maximum absolute atomic E-state index is 12.1. The third kappa shape index (κ3) is 3.55. The average Bonchev–Trinajstić information content (AvgIpc) is 3.58. The van der Waals surface area contributed by atoms with Crippen molar-refractivity contribution in [3.05, 3.63) is 30.9 Å². The van der Waals surface area contributed by atoms with Crippen LogP contribution in [0.5, 0.6) is 5.88 Å². The molecule has 2 aliphatic rings. The summed E-state index contributed by atoms with van der Waals surface area (Å²) in [7, 11) is 1.63. The molecule has 4 aromatic rings. The van der Waals surface area contributed by atoms with Gasteiger partial charge in [-0.3, -0.25) is 4.79 Å². The van der Waals surface area contributed by atoms with Gasteiger partial charge in [0.25, 0.3) is 0 Å². The predicted molar refractivity (Wildman–Crippen MR) is 123 cm³/mol. The number of hydrogen-bond donors (Lipinski definition) is 2. The summed E-state index contributed by atoms with van der Waals surface area (Å²) in [6.07, 6.45) is 11.1. The summed E-state index contributed by atoms with van der Waals surface area (Å²) in [6, 6.07) is 4.62. The number of carbonyl (C=O) groups excluding carboxylic acids is 1. The fourth-order valence-corrected chi connectivity index (χ4v) is 5.19. The van der Waals surface area contributed by atoms with E-state index < -0.39 is 0 Å². The number of fused-ring (bicyclic) bond motifs is 2. The zero-order valence-electron chi connectivity index (χ0n) is 18.5. The maximum atomic E-state index is 12.1. The summed E-state index contributed by atoms with van der Waals surface area (Å²) in [5.74, 6) is 1.40. The molecule has 10 nitrogen and oxygen atoms in total. The van der Waals surface area contributed by atoms with Gasteiger partial charge in [-0.2, -0.15) is 15.1 Å². The Morgan fingerprint density at radius 1 is 1.21 bits per heavy atom. The van der Waals surface area contributed by atoms with E-state index in [9.17, 15) is 4.79 Å². The molecule has 2 fully saturated rings. The van der Waals surface area contributed by atoms with E-state index in [1.807, 2.05) is 24.5 Å². The number of aromatic amines is 1. The van der Waals surface area contributed by atoms with Crippen LogP contribution in [0.25, 0.3) is 27.8 Å². The number of rotatable bonds is 5. The van der Waals surface area contributed by atoms with Crippen LogP contribution < -0.4 is 10.1 Å². The van der Waals surface area contributed by atoms with Crippen molar-refractivity contribution in [3.63, 3.8) is 0 Å². The first-order valence-corrected chi connectivity index (χ1v) is 11.5. The Labute approximate surface area is 190 Å². The van der Waals surface area contributed by atoms with Gasteiger partial charge in [0.2, 0.25) is 17.7 Å². The molecule has 2 N–H and O–H groups in total. The van der Waals surface area contributed by atoms with E-state index in [4.69, 9.17) is 9.72 Å². The molecule has 4 aromatic heterocycles. The number of nitrogens with zero attached hydrogens (tertiary/aromatic N) is 6. The summed E-state index contributed by atoms with van der Waals surface area (Å²) >= 11 is 0. The first kappa shape index (κ1) is 20.0. The second kappa shape index (κ2) is 8.02. The molecular weight excluding hydrogens is 420 g/mol. The number of carbonyl (C=O) groups is 1. The monoisotopic (exact) mass is 446 g/mol. The van der Waals surface area contributed by atoms with Crippen molar-refractivity contribution in [3.8, 4) is 17.0 Å². The molecule has 33 heavy (non-hydrogen) atoms. The topological polar surface area (TPSA) is 113 Å². The van der Waals surface area contributed by atoms with Crippen LogP contribution in [0.4, 0.5) is 5.95 Å². The molecular formula is C23H26N8O2. The normalized spacial score (nSPS) is 21.2. The third-order valence-corrected chi connectivity index (χ3v) is 6.86. The summed E-state index contributed by atoms with van der Waals surface area (Å²) in [5.41, 5.74) is 3.43. The zero-order valence-corrected chi connectivity index (χ0v) is 18.5. The molecule has 10 heteroatoms. The van der Waals surface area contributed by atoms with Crippen LogP contribution >= 0.6 is 0 Å². The quantitative estimate of drug-likeness (QED) is 0.484. The standard InChI is InChI=1S/C23H26N8O2/c1-33-22-20-17(14-8-10-31-18(11-14)25-13-26-31)12-24-21(20)28-23(29-22)27-15-4-6-16(7-5-15)30-9-2-3-19(30)32/h8,10-13,15-16H,2-7,9H2,1H3,(H2,24,27,28,29)/t15-,16+. The van der Waals surface area contributed by atoms with Crippen molar-refractivity contribution in [1.29, 1.82) is 0 Å². The lowest BCUT2D eigenvalue weighted by molar-refractivity contribution is -0.130. The largest absolute Gasteiger partial charge is 0.480 e. The smallest absolute Gasteiger partial charge is 0.228 e. The Morgan fingerprint density at radius 3 is 2.88 bits per heavy atom. The molecule has 0 bridgehead atoms. The molecule has 0 aromatic carbocycles.